The van der Waals surface area contributed by atoms with Gasteiger partial charge in [-0.15, -0.1) is 0 Å². The lowest BCUT2D eigenvalue weighted by molar-refractivity contribution is -0.105. The van der Waals surface area contributed by atoms with E-state index in [4.69, 9.17) is 18.8 Å². The van der Waals surface area contributed by atoms with Crippen LogP contribution in [0.15, 0.2) is 18.2 Å². The van der Waals surface area contributed by atoms with E-state index in [1.54, 1.807) is 6.07 Å². The van der Waals surface area contributed by atoms with E-state index in [1.165, 1.54) is 12.1 Å². The molecule has 2 aliphatic heterocycles. The third-order valence-corrected chi connectivity index (χ3v) is 4.82. The molecule has 0 N–H and O–H groups in total. The Balaban J connectivity index is 1.78. The molecule has 0 amide bonds. The molecular formula is C17H24BFO4. The third-order valence-electron chi connectivity index (χ3n) is 4.82. The zero-order valence-corrected chi connectivity index (χ0v) is 14.2. The summed E-state index contributed by atoms with van der Waals surface area (Å²) in [6.45, 7) is 8.57. The zero-order chi connectivity index (χ0) is 16.7. The highest BCUT2D eigenvalue weighted by molar-refractivity contribution is 6.62. The predicted molar refractivity (Wildman–Crippen MR) is 86.3 cm³/mol. The Morgan fingerprint density at radius 1 is 1.09 bits per heavy atom. The smallest absolute Gasteiger partial charge is 0.465 e. The molecule has 0 radical (unpaired) electrons. The van der Waals surface area contributed by atoms with Crippen LogP contribution in [0, 0.1) is 5.82 Å². The van der Waals surface area contributed by atoms with Crippen LogP contribution in [0.2, 0.25) is 0 Å². The van der Waals surface area contributed by atoms with E-state index in [0.717, 1.165) is 19.3 Å². The molecule has 2 heterocycles. The average Bonchev–Trinajstić information content (AvgIpc) is 2.68. The van der Waals surface area contributed by atoms with Gasteiger partial charge in [-0.3, -0.25) is 0 Å². The molecule has 4 nitrogen and oxygen atoms in total. The Morgan fingerprint density at radius 2 is 1.78 bits per heavy atom. The lowest BCUT2D eigenvalue weighted by Gasteiger charge is -2.32. The fourth-order valence-corrected chi connectivity index (χ4v) is 2.72. The lowest BCUT2D eigenvalue weighted by atomic mass is 9.79. The Labute approximate surface area is 137 Å². The maximum Gasteiger partial charge on any atom is 0.495 e. The zero-order valence-electron chi connectivity index (χ0n) is 14.2. The van der Waals surface area contributed by atoms with Crippen molar-refractivity contribution in [2.24, 2.45) is 0 Å². The van der Waals surface area contributed by atoms with Gasteiger partial charge in [-0.1, -0.05) is 0 Å². The second kappa shape index (κ2) is 6.08. The minimum atomic E-state index is -0.606. The summed E-state index contributed by atoms with van der Waals surface area (Å²) in [7, 11) is -0.606. The van der Waals surface area contributed by atoms with Crippen molar-refractivity contribution in [2.45, 2.75) is 64.4 Å². The van der Waals surface area contributed by atoms with Crippen molar-refractivity contribution in [2.75, 3.05) is 6.61 Å². The SMILES string of the molecule is CC1(C)OB(c2cc(F)cc(OC3CCCCO3)c2)OC1(C)C. The van der Waals surface area contributed by atoms with Gasteiger partial charge in [0.1, 0.15) is 11.6 Å². The average molecular weight is 322 g/mol. The van der Waals surface area contributed by atoms with Crippen LogP contribution in [0.25, 0.3) is 0 Å². The molecular weight excluding hydrogens is 298 g/mol. The molecule has 0 spiro atoms. The van der Waals surface area contributed by atoms with Gasteiger partial charge in [0.05, 0.1) is 17.8 Å². The van der Waals surface area contributed by atoms with Gasteiger partial charge < -0.3 is 18.8 Å². The molecule has 0 aliphatic carbocycles. The summed E-state index contributed by atoms with van der Waals surface area (Å²) < 4.78 is 37.3. The van der Waals surface area contributed by atoms with Crippen LogP contribution < -0.4 is 10.2 Å². The van der Waals surface area contributed by atoms with Gasteiger partial charge in [0.25, 0.3) is 0 Å². The van der Waals surface area contributed by atoms with Crippen LogP contribution in [0.4, 0.5) is 4.39 Å². The molecule has 126 valence electrons. The number of benzene rings is 1. The van der Waals surface area contributed by atoms with Gasteiger partial charge in [0.2, 0.25) is 0 Å². The van der Waals surface area contributed by atoms with Crippen molar-refractivity contribution in [1.82, 2.24) is 0 Å². The molecule has 2 aliphatic rings. The summed E-state index contributed by atoms with van der Waals surface area (Å²) in [4.78, 5) is 0. The highest BCUT2D eigenvalue weighted by Gasteiger charge is 2.51. The third kappa shape index (κ3) is 3.54. The Hall–Kier alpha value is -1.11. The fourth-order valence-electron chi connectivity index (χ4n) is 2.72. The van der Waals surface area contributed by atoms with E-state index in [-0.39, 0.29) is 12.1 Å². The molecule has 0 bridgehead atoms. The summed E-state index contributed by atoms with van der Waals surface area (Å²) in [5, 5.41) is 0. The molecule has 1 aromatic rings. The molecule has 1 aromatic carbocycles. The van der Waals surface area contributed by atoms with E-state index in [0.29, 0.717) is 17.8 Å². The number of halogens is 1. The summed E-state index contributed by atoms with van der Waals surface area (Å²) >= 11 is 0. The molecule has 1 atom stereocenters. The van der Waals surface area contributed by atoms with Crippen molar-refractivity contribution in [3.8, 4) is 5.75 Å². The minimum absolute atomic E-state index is 0.309. The molecule has 23 heavy (non-hydrogen) atoms. The quantitative estimate of drug-likeness (QED) is 0.802. The molecule has 2 saturated heterocycles. The number of hydrogen-bond donors (Lipinski definition) is 0. The van der Waals surface area contributed by atoms with Gasteiger partial charge in [-0.2, -0.15) is 0 Å². The minimum Gasteiger partial charge on any atom is -0.465 e. The summed E-state index contributed by atoms with van der Waals surface area (Å²) in [6.07, 6.45) is 2.62. The van der Waals surface area contributed by atoms with Crippen LogP contribution in [-0.2, 0) is 14.0 Å². The Kier molecular flexibility index (Phi) is 4.42. The van der Waals surface area contributed by atoms with Crippen LogP contribution in [0.3, 0.4) is 0 Å². The maximum absolute atomic E-state index is 14.0. The van der Waals surface area contributed by atoms with Crippen LogP contribution >= 0.6 is 0 Å². The largest absolute Gasteiger partial charge is 0.495 e. The first-order valence-electron chi connectivity index (χ1n) is 8.21. The van der Waals surface area contributed by atoms with Crippen molar-refractivity contribution >= 4 is 12.6 Å². The standard InChI is InChI=1S/C17H24BFO4/c1-16(2)17(3,4)23-18(22-16)12-9-13(19)11-14(10-12)21-15-7-5-6-8-20-15/h9-11,15H,5-8H2,1-4H3. The van der Waals surface area contributed by atoms with Gasteiger partial charge in [0, 0.05) is 12.5 Å². The first kappa shape index (κ1) is 16.7. The van der Waals surface area contributed by atoms with Gasteiger partial charge in [-0.05, 0) is 58.1 Å². The topological polar surface area (TPSA) is 36.9 Å². The first-order valence-corrected chi connectivity index (χ1v) is 8.21. The number of hydrogen-bond acceptors (Lipinski definition) is 4. The molecule has 1 unspecified atom stereocenters. The number of rotatable bonds is 3. The first-order chi connectivity index (χ1) is 10.8. The van der Waals surface area contributed by atoms with E-state index >= 15 is 0 Å². The molecule has 0 aromatic heterocycles. The van der Waals surface area contributed by atoms with Gasteiger partial charge in [-0.25, -0.2) is 4.39 Å². The highest BCUT2D eigenvalue weighted by Crippen LogP contribution is 2.36. The Bertz CT molecular complexity index is 554. The molecule has 6 heteroatoms. The second-order valence-corrected chi connectivity index (χ2v) is 7.22. The Morgan fingerprint density at radius 3 is 2.39 bits per heavy atom. The summed E-state index contributed by atoms with van der Waals surface area (Å²) in [5.74, 6) is 0.0737. The van der Waals surface area contributed by atoms with Crippen LogP contribution in [0.1, 0.15) is 47.0 Å². The fraction of sp³-hybridized carbons (Fsp3) is 0.647. The van der Waals surface area contributed by atoms with E-state index < -0.39 is 18.3 Å². The van der Waals surface area contributed by atoms with E-state index in [2.05, 4.69) is 0 Å². The molecule has 3 rings (SSSR count). The predicted octanol–water partition coefficient (Wildman–Crippen LogP) is 3.03. The summed E-state index contributed by atoms with van der Waals surface area (Å²) in [6, 6.07) is 4.56. The number of ether oxygens (including phenoxy) is 2. The van der Waals surface area contributed by atoms with E-state index in [1.807, 2.05) is 27.7 Å². The normalized spacial score (nSPS) is 26.3. The van der Waals surface area contributed by atoms with Crippen LogP contribution in [-0.4, -0.2) is 31.2 Å². The molecule has 0 saturated carbocycles. The van der Waals surface area contributed by atoms with Crippen molar-refractivity contribution in [1.29, 1.82) is 0 Å². The molecule has 2 fully saturated rings. The summed E-state index contributed by atoms with van der Waals surface area (Å²) in [5.41, 5.74) is -0.302. The van der Waals surface area contributed by atoms with Gasteiger partial charge >= 0.3 is 7.12 Å². The van der Waals surface area contributed by atoms with E-state index in [9.17, 15) is 4.39 Å². The maximum atomic E-state index is 14.0. The van der Waals surface area contributed by atoms with Crippen molar-refractivity contribution in [3.63, 3.8) is 0 Å². The van der Waals surface area contributed by atoms with Gasteiger partial charge in [0.15, 0.2) is 6.29 Å². The monoisotopic (exact) mass is 322 g/mol. The van der Waals surface area contributed by atoms with Crippen molar-refractivity contribution < 1.29 is 23.2 Å². The second-order valence-electron chi connectivity index (χ2n) is 7.22. The highest BCUT2D eigenvalue weighted by atomic mass is 19.1. The van der Waals surface area contributed by atoms with Crippen molar-refractivity contribution in [3.05, 3.63) is 24.0 Å². The van der Waals surface area contributed by atoms with Crippen LogP contribution in [0.5, 0.6) is 5.75 Å². The lowest BCUT2D eigenvalue weighted by Crippen LogP contribution is -2.41.